The molecule has 0 aromatic heterocycles. The van der Waals surface area contributed by atoms with Crippen molar-refractivity contribution in [3.05, 3.63) is 23.8 Å². The second-order valence-corrected chi connectivity index (χ2v) is 3.71. The fourth-order valence-corrected chi connectivity index (χ4v) is 1.56. The van der Waals surface area contributed by atoms with Crippen molar-refractivity contribution in [3.8, 4) is 17.6 Å². The molecule has 2 unspecified atom stereocenters. The molecule has 0 N–H and O–H groups in total. The maximum atomic E-state index is 8.59. The number of fused-ring (bicyclic) bond motifs is 1. The lowest BCUT2D eigenvalue weighted by atomic mass is 10.2. The lowest BCUT2D eigenvalue weighted by Gasteiger charge is -2.04. The summed E-state index contributed by atoms with van der Waals surface area (Å²) >= 11 is 0. The molecule has 5 nitrogen and oxygen atoms in total. The van der Waals surface area contributed by atoms with E-state index in [9.17, 15) is 0 Å². The van der Waals surface area contributed by atoms with Crippen LogP contribution in [0.15, 0.2) is 18.2 Å². The van der Waals surface area contributed by atoms with Gasteiger partial charge in [0.25, 0.3) is 0 Å². The van der Waals surface area contributed by atoms with Crippen LogP contribution in [0, 0.1) is 11.3 Å². The molecule has 1 aromatic carbocycles. The predicted octanol–water partition coefficient (Wildman–Crippen LogP) is 1.05. The summed E-state index contributed by atoms with van der Waals surface area (Å²) in [6.07, 6.45) is 0. The van der Waals surface area contributed by atoms with Crippen molar-refractivity contribution in [3.63, 3.8) is 0 Å². The van der Waals surface area contributed by atoms with Crippen LogP contribution >= 0.6 is 0 Å². The van der Waals surface area contributed by atoms with Gasteiger partial charge in [-0.15, -0.1) is 0 Å². The fraction of sp³-hybridized carbons (Fsp3) is 0.364. The molecule has 2 aliphatic heterocycles. The highest BCUT2D eigenvalue weighted by atomic mass is 16.7. The van der Waals surface area contributed by atoms with Gasteiger partial charge in [-0.3, -0.25) is 4.84 Å². The van der Waals surface area contributed by atoms with Gasteiger partial charge < -0.3 is 9.47 Å². The Balaban J connectivity index is 1.61. The summed E-state index contributed by atoms with van der Waals surface area (Å²) in [5.41, 5.74) is 1.01. The van der Waals surface area contributed by atoms with E-state index in [1.807, 2.05) is 18.2 Å². The average molecular weight is 218 g/mol. The lowest BCUT2D eigenvalue weighted by molar-refractivity contribution is -0.0827. The smallest absolute Gasteiger partial charge is 0.231 e. The Morgan fingerprint density at radius 3 is 3.12 bits per heavy atom. The Bertz CT molecular complexity index is 455. The highest BCUT2D eigenvalue weighted by Gasteiger charge is 2.35. The molecule has 2 atom stereocenters. The monoisotopic (exact) mass is 218 g/mol. The highest BCUT2D eigenvalue weighted by molar-refractivity contribution is 5.44. The van der Waals surface area contributed by atoms with Gasteiger partial charge in [-0.05, 0) is 17.7 Å². The molecule has 0 saturated carbocycles. The summed E-state index contributed by atoms with van der Waals surface area (Å²) in [6.45, 7) is 1.43. The number of hydroxylamine groups is 2. The molecule has 82 valence electrons. The first kappa shape index (κ1) is 9.46. The first-order valence-corrected chi connectivity index (χ1v) is 5.04. The molecule has 5 heteroatoms. The van der Waals surface area contributed by atoms with Crippen LogP contribution in [0.5, 0.6) is 11.5 Å². The van der Waals surface area contributed by atoms with Crippen LogP contribution in [0.2, 0.25) is 0 Å². The third-order valence-corrected chi connectivity index (χ3v) is 2.55. The summed E-state index contributed by atoms with van der Waals surface area (Å²) < 4.78 is 10.5. The summed E-state index contributed by atoms with van der Waals surface area (Å²) in [5, 5.41) is 10.2. The molecular weight excluding hydrogens is 208 g/mol. The minimum Gasteiger partial charge on any atom is -0.454 e. The van der Waals surface area contributed by atoms with E-state index in [-0.39, 0.29) is 12.8 Å². The number of nitriles is 1. The number of nitrogens with zero attached hydrogens (tertiary/aromatic N) is 2. The number of ether oxygens (including phenoxy) is 2. The van der Waals surface area contributed by atoms with E-state index in [1.165, 1.54) is 0 Å². The third kappa shape index (κ3) is 1.69. The average Bonchev–Trinajstić information content (AvgIpc) is 2.93. The zero-order chi connectivity index (χ0) is 11.0. The van der Waals surface area contributed by atoms with E-state index in [0.717, 1.165) is 17.1 Å². The molecule has 0 bridgehead atoms. The Labute approximate surface area is 92.7 Å². The molecule has 0 amide bonds. The Hall–Kier alpha value is -1.77. The van der Waals surface area contributed by atoms with Crippen LogP contribution in [-0.2, 0) is 11.4 Å². The molecule has 3 rings (SSSR count). The number of hydrogen-bond acceptors (Lipinski definition) is 5. The van der Waals surface area contributed by atoms with E-state index in [4.69, 9.17) is 19.6 Å². The van der Waals surface area contributed by atoms with Gasteiger partial charge in [-0.25, -0.2) is 0 Å². The summed E-state index contributed by atoms with van der Waals surface area (Å²) in [6, 6.07) is 7.74. The molecular formula is C11H10N2O3. The molecule has 1 saturated heterocycles. The quantitative estimate of drug-likeness (QED) is 0.710. The topological polar surface area (TPSA) is 54.5 Å². The van der Waals surface area contributed by atoms with Crippen molar-refractivity contribution < 1.29 is 14.3 Å². The van der Waals surface area contributed by atoms with E-state index >= 15 is 0 Å². The lowest BCUT2D eigenvalue weighted by Crippen LogP contribution is -2.02. The predicted molar refractivity (Wildman–Crippen MR) is 53.5 cm³/mol. The van der Waals surface area contributed by atoms with Crippen LogP contribution < -0.4 is 9.47 Å². The zero-order valence-corrected chi connectivity index (χ0v) is 8.55. The van der Waals surface area contributed by atoms with Crippen LogP contribution in [0.25, 0.3) is 0 Å². The highest BCUT2D eigenvalue weighted by Crippen LogP contribution is 2.32. The van der Waals surface area contributed by atoms with Gasteiger partial charge >= 0.3 is 0 Å². The van der Waals surface area contributed by atoms with Crippen LogP contribution in [0.1, 0.15) is 5.56 Å². The molecule has 2 aliphatic rings. The van der Waals surface area contributed by atoms with Crippen molar-refractivity contribution in [2.24, 2.45) is 0 Å². The van der Waals surface area contributed by atoms with Crippen LogP contribution in [0.4, 0.5) is 0 Å². The Kier molecular flexibility index (Phi) is 2.17. The van der Waals surface area contributed by atoms with Crippen LogP contribution in [0.3, 0.4) is 0 Å². The van der Waals surface area contributed by atoms with Gasteiger partial charge in [0.2, 0.25) is 6.79 Å². The van der Waals surface area contributed by atoms with E-state index in [2.05, 4.69) is 6.07 Å². The molecule has 2 heterocycles. The van der Waals surface area contributed by atoms with Gasteiger partial charge in [-0.1, -0.05) is 6.07 Å². The summed E-state index contributed by atoms with van der Waals surface area (Å²) in [7, 11) is 0. The summed E-state index contributed by atoms with van der Waals surface area (Å²) in [5.74, 6) is 1.52. The summed E-state index contributed by atoms with van der Waals surface area (Å²) in [4.78, 5) is 5.42. The number of benzene rings is 1. The van der Waals surface area contributed by atoms with Gasteiger partial charge in [0.05, 0.1) is 19.2 Å². The van der Waals surface area contributed by atoms with Crippen molar-refractivity contribution in [1.82, 2.24) is 5.06 Å². The minimum absolute atomic E-state index is 0.0750. The number of hydrogen-bond donors (Lipinski definition) is 0. The molecule has 0 radical (unpaired) electrons. The Morgan fingerprint density at radius 1 is 1.44 bits per heavy atom. The molecule has 0 aliphatic carbocycles. The van der Waals surface area contributed by atoms with E-state index in [0.29, 0.717) is 13.2 Å². The van der Waals surface area contributed by atoms with E-state index < -0.39 is 0 Å². The largest absolute Gasteiger partial charge is 0.454 e. The van der Waals surface area contributed by atoms with Crippen molar-refractivity contribution >= 4 is 0 Å². The van der Waals surface area contributed by atoms with Gasteiger partial charge in [0.15, 0.2) is 11.5 Å². The first-order valence-electron chi connectivity index (χ1n) is 5.04. The molecule has 16 heavy (non-hydrogen) atoms. The number of rotatable bonds is 3. The van der Waals surface area contributed by atoms with Crippen molar-refractivity contribution in [1.29, 1.82) is 5.26 Å². The van der Waals surface area contributed by atoms with Crippen molar-refractivity contribution in [2.75, 3.05) is 13.3 Å². The SMILES string of the molecule is N#CC1CN1OCc1ccc2c(c1)OCO2. The van der Waals surface area contributed by atoms with Crippen molar-refractivity contribution in [2.45, 2.75) is 12.6 Å². The second-order valence-electron chi connectivity index (χ2n) is 3.71. The molecule has 1 aromatic rings. The molecule has 0 spiro atoms. The van der Waals surface area contributed by atoms with Gasteiger partial charge in [0.1, 0.15) is 6.04 Å². The fourth-order valence-electron chi connectivity index (χ4n) is 1.56. The van der Waals surface area contributed by atoms with Gasteiger partial charge in [-0.2, -0.15) is 10.3 Å². The minimum atomic E-state index is -0.0750. The first-order chi connectivity index (χ1) is 7.86. The second kappa shape index (κ2) is 3.67. The van der Waals surface area contributed by atoms with E-state index in [1.54, 1.807) is 5.06 Å². The maximum absolute atomic E-state index is 8.59. The normalized spacial score (nSPS) is 25.2. The Morgan fingerprint density at radius 2 is 2.31 bits per heavy atom. The standard InChI is InChI=1S/C11H10N2O3/c12-4-9-5-13(9)16-6-8-1-2-10-11(3-8)15-7-14-10/h1-3,9H,5-7H2. The van der Waals surface area contributed by atoms with Crippen LogP contribution in [-0.4, -0.2) is 24.4 Å². The third-order valence-electron chi connectivity index (χ3n) is 2.55. The maximum Gasteiger partial charge on any atom is 0.231 e. The zero-order valence-electron chi connectivity index (χ0n) is 8.55. The van der Waals surface area contributed by atoms with Gasteiger partial charge in [0, 0.05) is 0 Å². The molecule has 1 fully saturated rings.